The minimum atomic E-state index is -0.0399. The van der Waals surface area contributed by atoms with E-state index in [0.29, 0.717) is 11.5 Å². The molecule has 4 aliphatic rings. The first-order valence-electron chi connectivity index (χ1n) is 12.0. The molecule has 0 amide bonds. The molecule has 2 N–H and O–H groups in total. The van der Waals surface area contributed by atoms with Gasteiger partial charge in [-0.1, -0.05) is 44.2 Å². The Balaban J connectivity index is 1.26. The molecule has 1 aromatic rings. The molecule has 0 unspecified atom stereocenters. The summed E-state index contributed by atoms with van der Waals surface area (Å²) in [5.74, 6) is 3.47. The predicted molar refractivity (Wildman–Crippen MR) is 115 cm³/mol. The van der Waals surface area contributed by atoms with Gasteiger partial charge in [0.1, 0.15) is 0 Å². The minimum absolute atomic E-state index is 0.0399. The average molecular weight is 382 g/mol. The standard InChI is InChI=1S/C26H39NO/c1-25-14-12-20(27-17-18-6-4-3-5-7-18)16-19(25)8-9-21-22-10-11-24(28)26(22,2)15-13-23(21)25/h3-7,19-24,27-28H,8-17H2,1-2H3/t19-,20-,21-,22-,23-,24-,25-,26-/m0/s1. The molecule has 4 saturated carbocycles. The lowest BCUT2D eigenvalue weighted by molar-refractivity contribution is -0.123. The number of rotatable bonds is 3. The van der Waals surface area contributed by atoms with Gasteiger partial charge in [-0.2, -0.15) is 0 Å². The zero-order valence-electron chi connectivity index (χ0n) is 17.9. The molecule has 154 valence electrons. The van der Waals surface area contributed by atoms with Crippen LogP contribution in [0.1, 0.15) is 77.2 Å². The van der Waals surface area contributed by atoms with E-state index in [4.69, 9.17) is 0 Å². The Kier molecular flexibility index (Phi) is 4.87. The molecular weight excluding hydrogens is 342 g/mol. The Hall–Kier alpha value is -0.860. The first-order valence-corrected chi connectivity index (χ1v) is 12.0. The molecule has 0 spiro atoms. The molecule has 4 fully saturated rings. The summed E-state index contributed by atoms with van der Waals surface area (Å²) in [6.45, 7) is 6.07. The van der Waals surface area contributed by atoms with Crippen LogP contribution in [0.25, 0.3) is 0 Å². The van der Waals surface area contributed by atoms with E-state index >= 15 is 0 Å². The van der Waals surface area contributed by atoms with Crippen molar-refractivity contribution >= 4 is 0 Å². The number of nitrogens with one attached hydrogen (secondary N) is 1. The van der Waals surface area contributed by atoms with E-state index in [0.717, 1.165) is 36.6 Å². The van der Waals surface area contributed by atoms with Gasteiger partial charge in [0, 0.05) is 12.6 Å². The SMILES string of the molecule is C[C@]12CC[C@H](NCc3ccccc3)C[C@@H]1CC[C@@H]1[C@@H]2CC[C@]2(C)[C@@H](O)CC[C@@H]12. The van der Waals surface area contributed by atoms with Gasteiger partial charge in [-0.3, -0.25) is 0 Å². The summed E-state index contributed by atoms with van der Waals surface area (Å²) in [4.78, 5) is 0. The first kappa shape index (κ1) is 19.1. The second-order valence-corrected chi connectivity index (χ2v) is 11.1. The molecule has 8 atom stereocenters. The third-order valence-electron chi connectivity index (χ3n) is 10.1. The molecule has 5 rings (SSSR count). The van der Waals surface area contributed by atoms with Crippen LogP contribution in [0.3, 0.4) is 0 Å². The van der Waals surface area contributed by atoms with E-state index in [1.807, 2.05) is 0 Å². The number of hydrogen-bond donors (Lipinski definition) is 2. The van der Waals surface area contributed by atoms with Crippen molar-refractivity contribution in [2.75, 3.05) is 0 Å². The summed E-state index contributed by atoms with van der Waals surface area (Å²) in [5.41, 5.74) is 2.17. The number of aliphatic hydroxyl groups is 1. The zero-order chi connectivity index (χ0) is 19.4. The van der Waals surface area contributed by atoms with Gasteiger partial charge in [-0.15, -0.1) is 0 Å². The van der Waals surface area contributed by atoms with E-state index < -0.39 is 0 Å². The molecule has 1 aromatic carbocycles. The second kappa shape index (κ2) is 7.13. The van der Waals surface area contributed by atoms with Gasteiger partial charge in [0.2, 0.25) is 0 Å². The van der Waals surface area contributed by atoms with Gasteiger partial charge in [-0.25, -0.2) is 0 Å². The van der Waals surface area contributed by atoms with Crippen molar-refractivity contribution < 1.29 is 5.11 Å². The van der Waals surface area contributed by atoms with Crippen molar-refractivity contribution in [1.29, 1.82) is 0 Å². The van der Waals surface area contributed by atoms with Gasteiger partial charge in [0.25, 0.3) is 0 Å². The molecule has 2 heteroatoms. The Morgan fingerprint density at radius 2 is 1.64 bits per heavy atom. The lowest BCUT2D eigenvalue weighted by Gasteiger charge is -2.61. The van der Waals surface area contributed by atoms with Gasteiger partial charge in [0.05, 0.1) is 6.10 Å². The molecule has 2 nitrogen and oxygen atoms in total. The Morgan fingerprint density at radius 3 is 2.46 bits per heavy atom. The summed E-state index contributed by atoms with van der Waals surface area (Å²) in [5, 5.41) is 14.5. The number of fused-ring (bicyclic) bond motifs is 5. The molecule has 28 heavy (non-hydrogen) atoms. The number of benzene rings is 1. The van der Waals surface area contributed by atoms with Crippen molar-refractivity contribution in [2.45, 2.75) is 90.3 Å². The smallest absolute Gasteiger partial charge is 0.0596 e. The number of aliphatic hydroxyl groups excluding tert-OH is 1. The molecular formula is C26H39NO. The van der Waals surface area contributed by atoms with Crippen LogP contribution in [0, 0.1) is 34.5 Å². The Bertz CT molecular complexity index is 689. The maximum atomic E-state index is 10.7. The summed E-state index contributed by atoms with van der Waals surface area (Å²) in [6, 6.07) is 11.6. The normalized spacial score (nSPS) is 47.8. The van der Waals surface area contributed by atoms with Crippen LogP contribution in [0.4, 0.5) is 0 Å². The molecule has 0 bridgehead atoms. The van der Waals surface area contributed by atoms with Gasteiger partial charge in [0.15, 0.2) is 0 Å². The zero-order valence-corrected chi connectivity index (χ0v) is 17.9. The third-order valence-corrected chi connectivity index (χ3v) is 10.1. The highest BCUT2D eigenvalue weighted by molar-refractivity contribution is 5.15. The van der Waals surface area contributed by atoms with Gasteiger partial charge < -0.3 is 10.4 Å². The topological polar surface area (TPSA) is 32.3 Å². The van der Waals surface area contributed by atoms with Gasteiger partial charge >= 0.3 is 0 Å². The summed E-state index contributed by atoms with van der Waals surface area (Å²) < 4.78 is 0. The van der Waals surface area contributed by atoms with E-state index in [1.165, 1.54) is 56.9 Å². The van der Waals surface area contributed by atoms with Crippen molar-refractivity contribution in [2.24, 2.45) is 34.5 Å². The first-order chi connectivity index (χ1) is 13.5. The highest BCUT2D eigenvalue weighted by atomic mass is 16.3. The minimum Gasteiger partial charge on any atom is -0.393 e. The lowest BCUT2D eigenvalue weighted by atomic mass is 9.45. The fourth-order valence-corrected chi connectivity index (χ4v) is 8.27. The highest BCUT2D eigenvalue weighted by Crippen LogP contribution is 2.66. The molecule has 0 heterocycles. The largest absolute Gasteiger partial charge is 0.393 e. The maximum Gasteiger partial charge on any atom is 0.0596 e. The van der Waals surface area contributed by atoms with Crippen LogP contribution in [-0.4, -0.2) is 17.3 Å². The van der Waals surface area contributed by atoms with Crippen LogP contribution < -0.4 is 5.32 Å². The summed E-state index contributed by atoms with van der Waals surface area (Å²) in [7, 11) is 0. The van der Waals surface area contributed by atoms with Gasteiger partial charge in [-0.05, 0) is 97.9 Å². The van der Waals surface area contributed by atoms with Crippen LogP contribution in [0.2, 0.25) is 0 Å². The van der Waals surface area contributed by atoms with E-state index in [9.17, 15) is 5.11 Å². The second-order valence-electron chi connectivity index (χ2n) is 11.1. The van der Waals surface area contributed by atoms with Crippen molar-refractivity contribution in [3.63, 3.8) is 0 Å². The average Bonchev–Trinajstić information content (AvgIpc) is 3.02. The number of hydrogen-bond acceptors (Lipinski definition) is 2. The van der Waals surface area contributed by atoms with Crippen LogP contribution >= 0.6 is 0 Å². The summed E-state index contributed by atoms with van der Waals surface area (Å²) in [6.07, 6.45) is 11.9. The highest BCUT2D eigenvalue weighted by Gasteiger charge is 2.59. The summed E-state index contributed by atoms with van der Waals surface area (Å²) >= 11 is 0. The quantitative estimate of drug-likeness (QED) is 0.719. The molecule has 0 saturated heterocycles. The fraction of sp³-hybridized carbons (Fsp3) is 0.769. The molecule has 0 radical (unpaired) electrons. The molecule has 4 aliphatic carbocycles. The third kappa shape index (κ3) is 2.98. The van der Waals surface area contributed by atoms with E-state index in [-0.39, 0.29) is 11.5 Å². The van der Waals surface area contributed by atoms with Crippen LogP contribution in [0.15, 0.2) is 30.3 Å². The predicted octanol–water partition coefficient (Wildman–Crippen LogP) is 5.55. The fourth-order valence-electron chi connectivity index (χ4n) is 8.27. The molecule has 0 aliphatic heterocycles. The van der Waals surface area contributed by atoms with E-state index in [2.05, 4.69) is 49.5 Å². The molecule has 0 aromatic heterocycles. The van der Waals surface area contributed by atoms with Crippen molar-refractivity contribution in [3.8, 4) is 0 Å². The van der Waals surface area contributed by atoms with E-state index in [1.54, 1.807) is 0 Å². The lowest BCUT2D eigenvalue weighted by Crippen LogP contribution is -2.55. The van der Waals surface area contributed by atoms with Crippen LogP contribution in [-0.2, 0) is 6.54 Å². The monoisotopic (exact) mass is 381 g/mol. The van der Waals surface area contributed by atoms with Crippen LogP contribution in [0.5, 0.6) is 0 Å². The van der Waals surface area contributed by atoms with Crippen molar-refractivity contribution in [1.82, 2.24) is 5.32 Å². The Morgan fingerprint density at radius 1 is 0.893 bits per heavy atom. The maximum absolute atomic E-state index is 10.7. The van der Waals surface area contributed by atoms with Crippen molar-refractivity contribution in [3.05, 3.63) is 35.9 Å². The Labute approximate surface area is 171 Å².